The first-order chi connectivity index (χ1) is 10.5. The number of carbonyl (C=O) groups excluding carboxylic acids is 3. The number of ether oxygens (including phenoxy) is 1. The van der Waals surface area contributed by atoms with Crippen molar-refractivity contribution in [3.05, 3.63) is 29.8 Å². The molecule has 4 N–H and O–H groups in total. The fourth-order valence-electron chi connectivity index (χ4n) is 1.51. The van der Waals surface area contributed by atoms with Crippen LogP contribution in [0.4, 0.5) is 5.69 Å². The smallest absolute Gasteiger partial charge is 0.315 e. The lowest BCUT2D eigenvalue weighted by Gasteiger charge is -2.08. The molecule has 1 aromatic carbocycles. The lowest BCUT2D eigenvalue weighted by Crippen LogP contribution is -2.36. The van der Waals surface area contributed by atoms with E-state index in [0.29, 0.717) is 11.4 Å². The minimum absolute atomic E-state index is 0. The molecule has 0 aliphatic rings. The van der Waals surface area contributed by atoms with Crippen molar-refractivity contribution in [2.24, 2.45) is 5.73 Å². The molecule has 0 fully saturated rings. The molecule has 1 aromatic rings. The summed E-state index contributed by atoms with van der Waals surface area (Å²) < 4.78 is 4.56. The van der Waals surface area contributed by atoms with Crippen LogP contribution in [-0.2, 0) is 24.9 Å². The number of benzene rings is 1. The summed E-state index contributed by atoms with van der Waals surface area (Å²) >= 11 is 1.43. The third-order valence-electron chi connectivity index (χ3n) is 2.56. The largest absolute Gasteiger partial charge is 0.468 e. The van der Waals surface area contributed by atoms with E-state index >= 15 is 0 Å². The molecule has 0 atom stereocenters. The number of hydrogen-bond donors (Lipinski definition) is 3. The molecule has 128 valence electrons. The molecule has 0 unspecified atom stereocenters. The van der Waals surface area contributed by atoms with E-state index in [2.05, 4.69) is 15.4 Å². The predicted molar refractivity (Wildman–Crippen MR) is 92.6 cm³/mol. The molecule has 23 heavy (non-hydrogen) atoms. The Hall–Kier alpha value is -1.77. The van der Waals surface area contributed by atoms with Crippen molar-refractivity contribution >= 4 is 47.6 Å². The van der Waals surface area contributed by atoms with Crippen LogP contribution in [0, 0.1) is 0 Å². The molecule has 0 aromatic heterocycles. The zero-order valence-electron chi connectivity index (χ0n) is 12.7. The average molecular weight is 362 g/mol. The van der Waals surface area contributed by atoms with Crippen LogP contribution in [0.3, 0.4) is 0 Å². The van der Waals surface area contributed by atoms with E-state index < -0.39 is 0 Å². The Bertz CT molecular complexity index is 543. The second-order valence-electron chi connectivity index (χ2n) is 4.30. The molecule has 1 rings (SSSR count). The van der Waals surface area contributed by atoms with Gasteiger partial charge in [0.1, 0.15) is 0 Å². The minimum Gasteiger partial charge on any atom is -0.468 e. The third kappa shape index (κ3) is 9.07. The lowest BCUT2D eigenvalue weighted by molar-refractivity contribution is -0.137. The van der Waals surface area contributed by atoms with E-state index in [1.165, 1.54) is 18.9 Å². The first-order valence-corrected chi connectivity index (χ1v) is 7.70. The van der Waals surface area contributed by atoms with Gasteiger partial charge in [-0.1, -0.05) is 12.1 Å². The molecule has 0 aliphatic heterocycles. The highest BCUT2D eigenvalue weighted by atomic mass is 35.5. The highest BCUT2D eigenvalue weighted by molar-refractivity contribution is 7.99. The molecule has 2 amide bonds. The van der Waals surface area contributed by atoms with Crippen LogP contribution < -0.4 is 16.4 Å². The Morgan fingerprint density at radius 1 is 1.26 bits per heavy atom. The number of halogens is 1. The van der Waals surface area contributed by atoms with Crippen LogP contribution in [0.25, 0.3) is 0 Å². The van der Waals surface area contributed by atoms with Gasteiger partial charge >= 0.3 is 5.97 Å². The van der Waals surface area contributed by atoms with E-state index in [-0.39, 0.29) is 49.0 Å². The van der Waals surface area contributed by atoms with Gasteiger partial charge in [-0.15, -0.1) is 24.2 Å². The van der Waals surface area contributed by atoms with Crippen molar-refractivity contribution in [3.63, 3.8) is 0 Å². The normalized spacial score (nSPS) is 9.48. The van der Waals surface area contributed by atoms with Crippen LogP contribution in [0.2, 0.25) is 0 Å². The number of hydrogen-bond acceptors (Lipinski definition) is 6. The van der Waals surface area contributed by atoms with E-state index in [4.69, 9.17) is 5.73 Å². The zero-order valence-corrected chi connectivity index (χ0v) is 14.3. The van der Waals surface area contributed by atoms with Gasteiger partial charge in [-0.05, 0) is 17.7 Å². The van der Waals surface area contributed by atoms with Gasteiger partial charge in [0.25, 0.3) is 0 Å². The second-order valence-corrected chi connectivity index (χ2v) is 5.28. The summed E-state index contributed by atoms with van der Waals surface area (Å²) in [5.41, 5.74) is 6.73. The van der Waals surface area contributed by atoms with Crippen LogP contribution in [0.15, 0.2) is 24.3 Å². The molecule has 0 heterocycles. The third-order valence-corrected chi connectivity index (χ3v) is 3.54. The fourth-order valence-corrected chi connectivity index (χ4v) is 2.31. The lowest BCUT2D eigenvalue weighted by atomic mass is 10.2. The van der Waals surface area contributed by atoms with Crippen molar-refractivity contribution in [1.82, 2.24) is 5.32 Å². The van der Waals surface area contributed by atoms with E-state index in [1.807, 2.05) is 18.2 Å². The van der Waals surface area contributed by atoms with E-state index in [1.54, 1.807) is 6.07 Å². The molecule has 0 radical (unpaired) electrons. The van der Waals surface area contributed by atoms with Gasteiger partial charge in [0.15, 0.2) is 0 Å². The first-order valence-electron chi connectivity index (χ1n) is 6.55. The maximum atomic E-state index is 11.7. The van der Waals surface area contributed by atoms with Crippen LogP contribution in [-0.4, -0.2) is 43.7 Å². The van der Waals surface area contributed by atoms with Gasteiger partial charge in [0, 0.05) is 11.4 Å². The summed E-state index contributed by atoms with van der Waals surface area (Å²) in [5, 5.41) is 5.07. The van der Waals surface area contributed by atoms with Gasteiger partial charge in [0.05, 0.1) is 26.0 Å². The molecule has 0 bridgehead atoms. The maximum Gasteiger partial charge on any atom is 0.315 e. The summed E-state index contributed by atoms with van der Waals surface area (Å²) in [6.07, 6.45) is 0. The number of rotatable bonds is 8. The Kier molecular flexibility index (Phi) is 10.8. The zero-order chi connectivity index (χ0) is 16.4. The van der Waals surface area contributed by atoms with E-state index in [9.17, 15) is 14.4 Å². The molecule has 9 heteroatoms. The SMILES string of the molecule is COC(=O)CSCc1cccc(NC(=O)CNC(=O)CN)c1.Cl. The van der Waals surface area contributed by atoms with E-state index in [0.717, 1.165) is 5.56 Å². The number of anilines is 1. The number of carbonyl (C=O) groups is 3. The van der Waals surface area contributed by atoms with Crippen LogP contribution >= 0.6 is 24.2 Å². The molecular formula is C14H20ClN3O4S. The summed E-state index contributed by atoms with van der Waals surface area (Å²) in [6.45, 7) is -0.280. The number of amides is 2. The Labute approximate surface area is 145 Å². The molecule has 0 saturated heterocycles. The van der Waals surface area contributed by atoms with Gasteiger partial charge in [0.2, 0.25) is 11.8 Å². The maximum absolute atomic E-state index is 11.7. The van der Waals surface area contributed by atoms with Gasteiger partial charge in [-0.3, -0.25) is 14.4 Å². The van der Waals surface area contributed by atoms with Crippen molar-refractivity contribution in [1.29, 1.82) is 0 Å². The molecule has 7 nitrogen and oxygen atoms in total. The highest BCUT2D eigenvalue weighted by Gasteiger charge is 2.06. The standard InChI is InChI=1S/C14H19N3O4S.ClH/c1-21-14(20)9-22-8-10-3-2-4-11(5-10)17-13(19)7-16-12(18)6-15;/h2-5H,6-9,15H2,1H3,(H,16,18)(H,17,19);1H. The highest BCUT2D eigenvalue weighted by Crippen LogP contribution is 2.16. The number of nitrogens with two attached hydrogens (primary N) is 1. The van der Waals surface area contributed by atoms with Gasteiger partial charge in [-0.2, -0.15) is 0 Å². The average Bonchev–Trinajstić information content (AvgIpc) is 2.52. The quantitative estimate of drug-likeness (QED) is 0.582. The van der Waals surface area contributed by atoms with Crippen molar-refractivity contribution in [3.8, 4) is 0 Å². The number of methoxy groups -OCH3 is 1. The fraction of sp³-hybridized carbons (Fsp3) is 0.357. The van der Waals surface area contributed by atoms with Crippen molar-refractivity contribution in [2.45, 2.75) is 5.75 Å². The molecular weight excluding hydrogens is 342 g/mol. The van der Waals surface area contributed by atoms with Crippen LogP contribution in [0.5, 0.6) is 0 Å². The molecule has 0 spiro atoms. The monoisotopic (exact) mass is 361 g/mol. The topological polar surface area (TPSA) is 111 Å². The van der Waals surface area contributed by atoms with Gasteiger partial charge in [-0.25, -0.2) is 0 Å². The first kappa shape index (κ1) is 21.2. The summed E-state index contributed by atoms with van der Waals surface area (Å²) in [4.78, 5) is 33.6. The summed E-state index contributed by atoms with van der Waals surface area (Å²) in [5.74, 6) is -0.0876. The second kappa shape index (κ2) is 11.8. The number of thioether (sulfide) groups is 1. The summed E-state index contributed by atoms with van der Waals surface area (Å²) in [7, 11) is 1.35. The Balaban J connectivity index is 0.00000484. The van der Waals surface area contributed by atoms with Crippen LogP contribution in [0.1, 0.15) is 5.56 Å². The number of nitrogens with one attached hydrogen (secondary N) is 2. The Morgan fingerprint density at radius 3 is 2.65 bits per heavy atom. The Morgan fingerprint density at radius 2 is 2.00 bits per heavy atom. The minimum atomic E-state index is -0.386. The molecule has 0 saturated carbocycles. The van der Waals surface area contributed by atoms with Crippen molar-refractivity contribution < 1.29 is 19.1 Å². The van der Waals surface area contributed by atoms with Gasteiger partial charge < -0.3 is 21.1 Å². The molecule has 0 aliphatic carbocycles. The van der Waals surface area contributed by atoms with Crippen molar-refractivity contribution in [2.75, 3.05) is 31.3 Å². The predicted octanol–water partition coefficient (Wildman–Crippen LogP) is 0.528. The number of esters is 1. The summed E-state index contributed by atoms with van der Waals surface area (Å²) in [6, 6.07) is 7.27.